The third-order valence-electron chi connectivity index (χ3n) is 5.06. The average Bonchev–Trinajstić information content (AvgIpc) is 2.90. The highest BCUT2D eigenvalue weighted by molar-refractivity contribution is 5.95. The van der Waals surface area contributed by atoms with Crippen molar-refractivity contribution in [1.29, 1.82) is 0 Å². The highest BCUT2D eigenvalue weighted by Gasteiger charge is 2.41. The Bertz CT molecular complexity index is 712. The number of fused-ring (bicyclic) bond motifs is 2. The van der Waals surface area contributed by atoms with Gasteiger partial charge in [0.15, 0.2) is 0 Å². The van der Waals surface area contributed by atoms with E-state index in [-0.39, 0.29) is 11.4 Å². The summed E-state index contributed by atoms with van der Waals surface area (Å²) in [6, 6.07) is 11.5. The molecule has 0 radical (unpaired) electrons. The Morgan fingerprint density at radius 1 is 1.00 bits per heavy atom. The highest BCUT2D eigenvalue weighted by Crippen LogP contribution is 2.31. The summed E-state index contributed by atoms with van der Waals surface area (Å²) in [5.41, 5.74) is 2.65. The Hall–Kier alpha value is -2.40. The number of hydrogen-bond donors (Lipinski definition) is 2. The zero-order chi connectivity index (χ0) is 16.4. The van der Waals surface area contributed by atoms with Gasteiger partial charge in [-0.1, -0.05) is 0 Å². The molecule has 2 aromatic rings. The minimum absolute atomic E-state index is 0.0106. The second-order valence-corrected chi connectivity index (χ2v) is 6.80. The van der Waals surface area contributed by atoms with Gasteiger partial charge in [0, 0.05) is 42.4 Å². The fourth-order valence-electron chi connectivity index (χ4n) is 3.78. The summed E-state index contributed by atoms with van der Waals surface area (Å²) in [4.78, 5) is 19.1. The molecule has 2 aliphatic heterocycles. The van der Waals surface area contributed by atoms with E-state index in [4.69, 9.17) is 0 Å². The molecular formula is C19H22N4O. The quantitative estimate of drug-likeness (QED) is 0.909. The summed E-state index contributed by atoms with van der Waals surface area (Å²) in [5.74, 6) is 0.0363. The Morgan fingerprint density at radius 3 is 2.54 bits per heavy atom. The molecule has 0 aliphatic carbocycles. The van der Waals surface area contributed by atoms with Crippen molar-refractivity contribution in [2.24, 2.45) is 0 Å². The monoisotopic (exact) mass is 322 g/mol. The predicted octanol–water partition coefficient (Wildman–Crippen LogP) is 2.79. The number of amides is 1. The minimum Gasteiger partial charge on any atom is -0.355 e. The van der Waals surface area contributed by atoms with Crippen LogP contribution in [-0.4, -0.2) is 41.0 Å². The SMILES string of the molecule is O=C(NC12CCCN(CC1)C2)c1ccc(Nc2ccncc2)cc1. The number of carbonyl (C=O) groups excluding carboxylic acids is 1. The van der Waals surface area contributed by atoms with Gasteiger partial charge in [-0.15, -0.1) is 0 Å². The van der Waals surface area contributed by atoms with Gasteiger partial charge in [-0.05, 0) is 62.2 Å². The fourth-order valence-corrected chi connectivity index (χ4v) is 3.78. The number of aromatic nitrogens is 1. The zero-order valence-corrected chi connectivity index (χ0v) is 13.7. The van der Waals surface area contributed by atoms with Crippen molar-refractivity contribution in [3.05, 3.63) is 54.4 Å². The van der Waals surface area contributed by atoms with Crippen LogP contribution in [0, 0.1) is 0 Å². The number of rotatable bonds is 4. The van der Waals surface area contributed by atoms with E-state index in [9.17, 15) is 4.79 Å². The Morgan fingerprint density at radius 2 is 1.75 bits per heavy atom. The lowest BCUT2D eigenvalue weighted by Crippen LogP contribution is -2.52. The van der Waals surface area contributed by atoms with Gasteiger partial charge in [0.1, 0.15) is 0 Å². The second kappa shape index (κ2) is 6.24. The van der Waals surface area contributed by atoms with Crippen LogP contribution < -0.4 is 10.6 Å². The van der Waals surface area contributed by atoms with Gasteiger partial charge < -0.3 is 15.5 Å². The van der Waals surface area contributed by atoms with E-state index >= 15 is 0 Å². The van der Waals surface area contributed by atoms with Crippen LogP contribution in [0.15, 0.2) is 48.8 Å². The lowest BCUT2D eigenvalue weighted by molar-refractivity contribution is 0.0877. The Balaban J connectivity index is 1.42. The van der Waals surface area contributed by atoms with Crippen LogP contribution in [0.1, 0.15) is 29.6 Å². The third-order valence-corrected chi connectivity index (χ3v) is 5.06. The van der Waals surface area contributed by atoms with E-state index in [1.54, 1.807) is 12.4 Å². The Labute approximate surface area is 142 Å². The maximum absolute atomic E-state index is 12.6. The normalized spacial score (nSPS) is 25.2. The minimum atomic E-state index is -0.0106. The zero-order valence-electron chi connectivity index (χ0n) is 13.7. The molecular weight excluding hydrogens is 300 g/mol. The first-order valence-electron chi connectivity index (χ1n) is 8.55. The lowest BCUT2D eigenvalue weighted by Gasteiger charge is -2.34. The van der Waals surface area contributed by atoms with Crippen LogP contribution in [0.5, 0.6) is 0 Å². The number of hydrogen-bond acceptors (Lipinski definition) is 4. The van der Waals surface area contributed by atoms with Crippen LogP contribution in [0.25, 0.3) is 0 Å². The maximum Gasteiger partial charge on any atom is 0.251 e. The molecule has 2 saturated heterocycles. The molecule has 1 aromatic heterocycles. The number of nitrogens with zero attached hydrogens (tertiary/aromatic N) is 2. The number of anilines is 2. The van der Waals surface area contributed by atoms with E-state index < -0.39 is 0 Å². The number of benzene rings is 1. The smallest absolute Gasteiger partial charge is 0.251 e. The van der Waals surface area contributed by atoms with Crippen molar-refractivity contribution in [2.75, 3.05) is 25.0 Å². The summed E-state index contributed by atoms with van der Waals surface area (Å²) in [6.07, 6.45) is 6.84. The van der Waals surface area contributed by atoms with Gasteiger partial charge in [-0.25, -0.2) is 0 Å². The topological polar surface area (TPSA) is 57.3 Å². The molecule has 3 heterocycles. The molecule has 2 aliphatic rings. The largest absolute Gasteiger partial charge is 0.355 e. The van der Waals surface area contributed by atoms with Crippen LogP contribution >= 0.6 is 0 Å². The van der Waals surface area contributed by atoms with Crippen molar-refractivity contribution in [2.45, 2.75) is 24.8 Å². The molecule has 124 valence electrons. The van der Waals surface area contributed by atoms with Gasteiger partial charge in [-0.3, -0.25) is 9.78 Å². The van der Waals surface area contributed by atoms with Crippen LogP contribution in [0.3, 0.4) is 0 Å². The first-order valence-corrected chi connectivity index (χ1v) is 8.55. The molecule has 0 spiro atoms. The van der Waals surface area contributed by atoms with Gasteiger partial charge in [0.05, 0.1) is 5.54 Å². The molecule has 1 aromatic carbocycles. The predicted molar refractivity (Wildman–Crippen MR) is 94.4 cm³/mol. The molecule has 2 atom stereocenters. The first kappa shape index (κ1) is 15.1. The van der Waals surface area contributed by atoms with Crippen LogP contribution in [0.2, 0.25) is 0 Å². The van der Waals surface area contributed by atoms with Crippen LogP contribution in [-0.2, 0) is 0 Å². The van der Waals surface area contributed by atoms with E-state index in [0.29, 0.717) is 5.56 Å². The number of nitrogens with one attached hydrogen (secondary N) is 2. The fraction of sp³-hybridized carbons (Fsp3) is 0.368. The molecule has 2 fully saturated rings. The summed E-state index contributed by atoms with van der Waals surface area (Å²) in [6.45, 7) is 3.28. The van der Waals surface area contributed by atoms with Gasteiger partial charge >= 0.3 is 0 Å². The van der Waals surface area contributed by atoms with Crippen molar-refractivity contribution < 1.29 is 4.79 Å². The van der Waals surface area contributed by atoms with Crippen molar-refractivity contribution >= 4 is 17.3 Å². The molecule has 24 heavy (non-hydrogen) atoms. The Kier molecular flexibility index (Phi) is 3.94. The third kappa shape index (κ3) is 3.12. The van der Waals surface area contributed by atoms with Crippen molar-refractivity contribution in [3.8, 4) is 0 Å². The van der Waals surface area contributed by atoms with Gasteiger partial charge in [0.25, 0.3) is 5.91 Å². The number of pyridine rings is 1. The number of carbonyl (C=O) groups is 1. The van der Waals surface area contributed by atoms with Crippen molar-refractivity contribution in [3.63, 3.8) is 0 Å². The maximum atomic E-state index is 12.6. The summed E-state index contributed by atoms with van der Waals surface area (Å²) in [7, 11) is 0. The van der Waals surface area contributed by atoms with Gasteiger partial charge in [-0.2, -0.15) is 0 Å². The lowest BCUT2D eigenvalue weighted by atomic mass is 9.90. The summed E-state index contributed by atoms with van der Waals surface area (Å²) in [5, 5.41) is 6.60. The summed E-state index contributed by atoms with van der Waals surface area (Å²) >= 11 is 0. The molecule has 5 heteroatoms. The second-order valence-electron chi connectivity index (χ2n) is 6.80. The molecule has 4 rings (SSSR count). The standard InChI is InChI=1S/C19H22N4O/c24-18(22-19-8-1-12-23(14-19)13-9-19)15-2-4-16(5-3-15)21-17-6-10-20-11-7-17/h2-7,10-11H,1,8-9,12-14H2,(H,20,21)(H,22,24). The molecule has 1 amide bonds. The van der Waals surface area contributed by atoms with Crippen LogP contribution in [0.4, 0.5) is 11.4 Å². The molecule has 2 N–H and O–H groups in total. The first-order chi connectivity index (χ1) is 11.7. The molecule has 2 unspecified atom stereocenters. The van der Waals surface area contributed by atoms with Crippen molar-refractivity contribution in [1.82, 2.24) is 15.2 Å². The number of piperidine rings is 1. The van der Waals surface area contributed by atoms with E-state index in [1.165, 1.54) is 13.0 Å². The van der Waals surface area contributed by atoms with Gasteiger partial charge in [0.2, 0.25) is 0 Å². The average molecular weight is 322 g/mol. The molecule has 2 bridgehead atoms. The van der Waals surface area contributed by atoms with E-state index in [2.05, 4.69) is 20.5 Å². The van der Waals surface area contributed by atoms with E-state index in [0.717, 1.165) is 37.3 Å². The van der Waals surface area contributed by atoms with E-state index in [1.807, 2.05) is 36.4 Å². The molecule has 5 nitrogen and oxygen atoms in total. The summed E-state index contributed by atoms with van der Waals surface area (Å²) < 4.78 is 0. The highest BCUT2D eigenvalue weighted by atomic mass is 16.1. The molecule has 0 saturated carbocycles.